The summed E-state index contributed by atoms with van der Waals surface area (Å²) in [5.41, 5.74) is -2.29. The molecule has 1 saturated heterocycles. The van der Waals surface area contributed by atoms with Crippen LogP contribution in [0.15, 0.2) is 0 Å². The number of carbonyl (C=O) groups excluding carboxylic acids is 2. The van der Waals surface area contributed by atoms with Crippen molar-refractivity contribution in [3.05, 3.63) is 0 Å². The van der Waals surface area contributed by atoms with Crippen molar-refractivity contribution in [2.75, 3.05) is 13.1 Å². The van der Waals surface area contributed by atoms with Gasteiger partial charge in [-0.05, 0) is 24.7 Å². The minimum Gasteiger partial charge on any atom is -0.391 e. The smallest absolute Gasteiger partial charge is 0.258 e. The zero-order valence-corrected chi connectivity index (χ0v) is 12.3. The van der Waals surface area contributed by atoms with Crippen LogP contribution >= 0.6 is 0 Å². The Morgan fingerprint density at radius 3 is 2.40 bits per heavy atom. The Kier molecular flexibility index (Phi) is 3.79. The molecule has 0 spiro atoms. The first-order valence-electron chi connectivity index (χ1n) is 7.10. The lowest BCUT2D eigenvalue weighted by Crippen LogP contribution is -2.56. The molecule has 114 valence electrons. The molecule has 2 atom stereocenters. The number of amides is 2. The minimum atomic E-state index is -1.78. The van der Waals surface area contributed by atoms with Gasteiger partial charge in [0.25, 0.3) is 5.91 Å². The monoisotopic (exact) mass is 286 g/mol. The van der Waals surface area contributed by atoms with Gasteiger partial charge in [0.1, 0.15) is 6.04 Å². The number of nitrogens with one attached hydrogen (secondary N) is 1. The van der Waals surface area contributed by atoms with E-state index in [0.29, 0.717) is 13.0 Å². The average Bonchev–Trinajstić information content (AvgIpc) is 2.93. The summed E-state index contributed by atoms with van der Waals surface area (Å²) in [5.74, 6) is -0.933. The molecule has 0 aromatic carbocycles. The van der Waals surface area contributed by atoms with Crippen LogP contribution in [-0.4, -0.2) is 52.7 Å². The number of aliphatic hydroxyl groups excluding tert-OH is 1. The summed E-state index contributed by atoms with van der Waals surface area (Å²) < 4.78 is 13.8. The van der Waals surface area contributed by atoms with E-state index in [1.165, 1.54) is 0 Å². The van der Waals surface area contributed by atoms with E-state index in [1.807, 2.05) is 20.8 Å². The third kappa shape index (κ3) is 3.11. The molecule has 1 aliphatic carbocycles. The normalized spacial score (nSPS) is 26.2. The molecular formula is C14H23FN2O3. The summed E-state index contributed by atoms with van der Waals surface area (Å²) in [6.45, 7) is 6.26. The lowest BCUT2D eigenvalue weighted by atomic mass is 9.85. The van der Waals surface area contributed by atoms with Gasteiger partial charge >= 0.3 is 0 Å². The lowest BCUT2D eigenvalue weighted by Gasteiger charge is -2.33. The van der Waals surface area contributed by atoms with Crippen LogP contribution in [0.5, 0.6) is 0 Å². The topological polar surface area (TPSA) is 69.6 Å². The Hall–Kier alpha value is -1.17. The summed E-state index contributed by atoms with van der Waals surface area (Å²) in [7, 11) is 0. The maximum atomic E-state index is 13.8. The van der Waals surface area contributed by atoms with Crippen molar-refractivity contribution in [3.63, 3.8) is 0 Å². The second-order valence-electron chi connectivity index (χ2n) is 6.96. The van der Waals surface area contributed by atoms with Crippen LogP contribution in [0.3, 0.4) is 0 Å². The number of β-amino-alcohol motifs (C(OH)–C–C–N with tert-alkyl or cyclic N) is 1. The summed E-state index contributed by atoms with van der Waals surface area (Å²) >= 11 is 0. The number of likely N-dealkylation sites (tertiary alicyclic amines) is 1. The highest BCUT2D eigenvalue weighted by Gasteiger charge is 2.52. The predicted octanol–water partition coefficient (Wildman–Crippen LogP) is 0.613. The molecule has 6 heteroatoms. The quantitative estimate of drug-likeness (QED) is 0.799. The fourth-order valence-electron chi connectivity index (χ4n) is 2.37. The van der Waals surface area contributed by atoms with Gasteiger partial charge in [-0.15, -0.1) is 0 Å². The number of alkyl halides is 1. The Morgan fingerprint density at radius 2 is 2.00 bits per heavy atom. The van der Waals surface area contributed by atoms with Crippen LogP contribution in [-0.2, 0) is 9.59 Å². The van der Waals surface area contributed by atoms with E-state index in [4.69, 9.17) is 0 Å². The number of aliphatic hydroxyl groups is 1. The molecule has 2 aliphatic rings. The predicted molar refractivity (Wildman–Crippen MR) is 71.7 cm³/mol. The zero-order valence-electron chi connectivity index (χ0n) is 12.3. The summed E-state index contributed by atoms with van der Waals surface area (Å²) in [5, 5.41) is 12.1. The Bertz CT molecular complexity index is 415. The van der Waals surface area contributed by atoms with Crippen molar-refractivity contribution < 1.29 is 19.1 Å². The maximum absolute atomic E-state index is 13.8. The van der Waals surface area contributed by atoms with E-state index >= 15 is 0 Å². The van der Waals surface area contributed by atoms with Gasteiger partial charge < -0.3 is 15.3 Å². The molecule has 2 fully saturated rings. The second-order valence-corrected chi connectivity index (χ2v) is 6.96. The van der Waals surface area contributed by atoms with Gasteiger partial charge in [0.05, 0.1) is 6.10 Å². The molecule has 1 aliphatic heterocycles. The van der Waals surface area contributed by atoms with E-state index in [2.05, 4.69) is 5.32 Å². The van der Waals surface area contributed by atoms with Crippen molar-refractivity contribution in [1.82, 2.24) is 10.2 Å². The van der Waals surface area contributed by atoms with Gasteiger partial charge in [0, 0.05) is 13.1 Å². The maximum Gasteiger partial charge on any atom is 0.258 e. The van der Waals surface area contributed by atoms with E-state index in [1.54, 1.807) is 4.90 Å². The number of rotatable bonds is 3. The molecular weight excluding hydrogens is 263 g/mol. The Labute approximate surface area is 118 Å². The van der Waals surface area contributed by atoms with Gasteiger partial charge in [-0.3, -0.25) is 9.59 Å². The molecule has 0 radical (unpaired) electrons. The number of carbonyl (C=O) groups is 2. The van der Waals surface area contributed by atoms with Gasteiger partial charge in [-0.2, -0.15) is 0 Å². The fourth-order valence-corrected chi connectivity index (χ4v) is 2.37. The number of hydrogen-bond donors (Lipinski definition) is 2. The highest BCUT2D eigenvalue weighted by molar-refractivity contribution is 5.93. The number of halogens is 1. The molecule has 2 N–H and O–H groups in total. The van der Waals surface area contributed by atoms with Crippen molar-refractivity contribution in [2.45, 2.75) is 57.8 Å². The summed E-state index contributed by atoms with van der Waals surface area (Å²) in [4.78, 5) is 25.9. The molecule has 2 amide bonds. The van der Waals surface area contributed by atoms with Crippen LogP contribution in [0, 0.1) is 5.41 Å². The molecule has 1 unspecified atom stereocenters. The third-order valence-corrected chi connectivity index (χ3v) is 3.96. The number of nitrogens with zero attached hydrogens (tertiary/aromatic N) is 1. The van der Waals surface area contributed by atoms with Crippen LogP contribution < -0.4 is 5.32 Å². The molecule has 0 aromatic heterocycles. The first kappa shape index (κ1) is 15.2. The van der Waals surface area contributed by atoms with Crippen LogP contribution in [0.2, 0.25) is 0 Å². The average molecular weight is 286 g/mol. The standard InChI is InChI=1S/C14H23FN2O3/c1-13(2,3)10(16-12(20)14(15)5-6-14)11(19)17-7-4-9(18)8-17/h9-10,18H,4-8H2,1-3H3,(H,16,20)/t9?,10-/m1/s1. The molecule has 1 saturated carbocycles. The third-order valence-electron chi connectivity index (χ3n) is 3.96. The van der Waals surface area contributed by atoms with Crippen LogP contribution in [0.1, 0.15) is 40.0 Å². The van der Waals surface area contributed by atoms with Gasteiger partial charge in [-0.25, -0.2) is 4.39 Å². The molecule has 0 aromatic rings. The van der Waals surface area contributed by atoms with E-state index < -0.39 is 29.1 Å². The highest BCUT2D eigenvalue weighted by atomic mass is 19.1. The first-order chi connectivity index (χ1) is 9.13. The van der Waals surface area contributed by atoms with Gasteiger partial charge in [-0.1, -0.05) is 20.8 Å². The van der Waals surface area contributed by atoms with Crippen LogP contribution in [0.25, 0.3) is 0 Å². The summed E-state index contributed by atoms with van der Waals surface area (Å²) in [6.07, 6.45) is 0.494. The molecule has 2 rings (SSSR count). The van der Waals surface area contributed by atoms with Crippen molar-refractivity contribution in [2.24, 2.45) is 5.41 Å². The van der Waals surface area contributed by atoms with E-state index in [-0.39, 0.29) is 25.3 Å². The molecule has 5 nitrogen and oxygen atoms in total. The van der Waals surface area contributed by atoms with Crippen molar-refractivity contribution >= 4 is 11.8 Å². The van der Waals surface area contributed by atoms with Crippen molar-refractivity contribution in [3.8, 4) is 0 Å². The Morgan fingerprint density at radius 1 is 1.40 bits per heavy atom. The molecule has 20 heavy (non-hydrogen) atoms. The zero-order chi connectivity index (χ0) is 15.1. The van der Waals surface area contributed by atoms with Crippen molar-refractivity contribution in [1.29, 1.82) is 0 Å². The second kappa shape index (κ2) is 4.98. The molecule has 1 heterocycles. The largest absolute Gasteiger partial charge is 0.391 e. The molecule has 0 bridgehead atoms. The van der Waals surface area contributed by atoms with E-state index in [9.17, 15) is 19.1 Å². The van der Waals surface area contributed by atoms with Crippen LogP contribution in [0.4, 0.5) is 4.39 Å². The Balaban J connectivity index is 2.07. The first-order valence-corrected chi connectivity index (χ1v) is 7.10. The summed E-state index contributed by atoms with van der Waals surface area (Å²) in [6, 6.07) is -0.770. The lowest BCUT2D eigenvalue weighted by molar-refractivity contribution is -0.140. The van der Waals surface area contributed by atoms with E-state index in [0.717, 1.165) is 0 Å². The fraction of sp³-hybridized carbons (Fsp3) is 0.857. The van der Waals surface area contributed by atoms with Gasteiger partial charge in [0.15, 0.2) is 5.67 Å². The highest BCUT2D eigenvalue weighted by Crippen LogP contribution is 2.40. The number of hydrogen-bond acceptors (Lipinski definition) is 3. The van der Waals surface area contributed by atoms with Gasteiger partial charge in [0.2, 0.25) is 5.91 Å². The SMILES string of the molecule is CC(C)(C)[C@H](NC(=O)C1(F)CC1)C(=O)N1CCC(O)C1. The minimum absolute atomic E-state index is 0.228.